The van der Waals surface area contributed by atoms with Crippen LogP contribution < -0.4 is 20.5 Å². The molecule has 0 bridgehead atoms. The molecule has 1 aromatic heterocycles. The van der Waals surface area contributed by atoms with Crippen LogP contribution in [0.3, 0.4) is 0 Å². The molecule has 2 aromatic carbocycles. The largest absolute Gasteiger partial charge is 0.573 e. The number of benzene rings is 2. The molecule has 30 heavy (non-hydrogen) atoms. The summed E-state index contributed by atoms with van der Waals surface area (Å²) < 4.78 is 60.5. The van der Waals surface area contributed by atoms with Crippen LogP contribution in [0, 0.1) is 12.9 Å². The third-order valence-electron chi connectivity index (χ3n) is 3.82. The normalized spacial score (nSPS) is 11.1. The third-order valence-corrected chi connectivity index (χ3v) is 3.82. The third kappa shape index (κ3) is 5.16. The van der Waals surface area contributed by atoms with E-state index in [4.69, 9.17) is 10.5 Å². The molecule has 0 unspecified atom stereocenters. The summed E-state index contributed by atoms with van der Waals surface area (Å²) in [7, 11) is 0. The van der Waals surface area contributed by atoms with E-state index in [1.54, 1.807) is 0 Å². The maximum absolute atomic E-state index is 13.4. The Morgan fingerprint density at radius 2 is 1.77 bits per heavy atom. The predicted octanol–water partition coefficient (Wildman–Crippen LogP) is 5.05. The summed E-state index contributed by atoms with van der Waals surface area (Å²) in [6, 6.07) is 12.5. The Balaban J connectivity index is 1.79. The van der Waals surface area contributed by atoms with E-state index >= 15 is 0 Å². The zero-order valence-corrected chi connectivity index (χ0v) is 15.5. The minimum atomic E-state index is -4.88. The van der Waals surface area contributed by atoms with E-state index in [1.165, 1.54) is 55.5 Å². The molecule has 156 valence electrons. The summed E-state index contributed by atoms with van der Waals surface area (Å²) in [6.07, 6.45) is -4.88. The average Bonchev–Trinajstić information content (AvgIpc) is 2.65. The Morgan fingerprint density at radius 3 is 2.47 bits per heavy atom. The summed E-state index contributed by atoms with van der Waals surface area (Å²) in [5.74, 6) is -2.23. The van der Waals surface area contributed by atoms with Crippen LogP contribution in [0.1, 0.15) is 15.9 Å². The second-order valence-electron chi connectivity index (χ2n) is 6.11. The van der Waals surface area contributed by atoms with E-state index in [0.29, 0.717) is 0 Å². The molecule has 6 nitrogen and oxygen atoms in total. The van der Waals surface area contributed by atoms with Crippen LogP contribution in [-0.2, 0) is 0 Å². The van der Waals surface area contributed by atoms with Crippen molar-refractivity contribution in [2.24, 2.45) is 0 Å². The molecule has 1 amide bonds. The van der Waals surface area contributed by atoms with Crippen molar-refractivity contribution in [1.82, 2.24) is 4.98 Å². The second kappa shape index (κ2) is 8.27. The molecule has 0 spiro atoms. The molecule has 0 atom stereocenters. The first-order valence-corrected chi connectivity index (χ1v) is 8.49. The maximum atomic E-state index is 13.4. The number of hydrogen-bond donors (Lipinski definition) is 2. The SMILES string of the molecule is Cc1cc(C(=O)Nc2cccc(Oc3ccccc3OC(F)(F)F)c2)c(N)nc1F. The molecule has 0 aliphatic rings. The number of carbonyl (C=O) groups excluding carboxylic acids is 1. The molecule has 3 N–H and O–H groups in total. The summed E-state index contributed by atoms with van der Waals surface area (Å²) in [6.45, 7) is 1.44. The lowest BCUT2D eigenvalue weighted by atomic mass is 10.1. The number of alkyl halides is 3. The van der Waals surface area contributed by atoms with Gasteiger partial charge < -0.3 is 20.5 Å². The first-order chi connectivity index (χ1) is 14.1. The standard InChI is InChI=1S/C20H15F4N3O3/c1-11-9-14(18(25)27-17(11)21)19(28)26-12-5-4-6-13(10-12)29-15-7-2-3-8-16(15)30-20(22,23)24/h2-10H,1H3,(H2,25,27)(H,26,28). The van der Waals surface area contributed by atoms with E-state index in [-0.39, 0.29) is 34.1 Å². The van der Waals surface area contributed by atoms with Gasteiger partial charge in [-0.2, -0.15) is 4.39 Å². The number of nitrogens with one attached hydrogen (secondary N) is 1. The Bertz CT molecular complexity index is 1090. The molecular weight excluding hydrogens is 406 g/mol. The lowest BCUT2D eigenvalue weighted by Gasteiger charge is -2.14. The number of hydrogen-bond acceptors (Lipinski definition) is 5. The van der Waals surface area contributed by atoms with Crippen LogP contribution in [-0.4, -0.2) is 17.3 Å². The van der Waals surface area contributed by atoms with E-state index in [0.717, 1.165) is 6.07 Å². The Kier molecular flexibility index (Phi) is 5.77. The van der Waals surface area contributed by atoms with E-state index in [1.807, 2.05) is 0 Å². The van der Waals surface area contributed by atoms with Crippen molar-refractivity contribution in [1.29, 1.82) is 0 Å². The fraction of sp³-hybridized carbons (Fsp3) is 0.100. The first-order valence-electron chi connectivity index (χ1n) is 8.49. The number of aromatic nitrogens is 1. The van der Waals surface area contributed by atoms with Crippen LogP contribution >= 0.6 is 0 Å². The van der Waals surface area contributed by atoms with Gasteiger partial charge in [0, 0.05) is 17.3 Å². The van der Waals surface area contributed by atoms with Gasteiger partial charge in [0.1, 0.15) is 11.6 Å². The highest BCUT2D eigenvalue weighted by molar-refractivity contribution is 6.07. The van der Waals surface area contributed by atoms with Crippen LogP contribution in [0.4, 0.5) is 29.1 Å². The van der Waals surface area contributed by atoms with Crippen molar-refractivity contribution < 1.29 is 31.8 Å². The van der Waals surface area contributed by atoms with Crippen molar-refractivity contribution in [3.8, 4) is 17.2 Å². The number of pyridine rings is 1. The van der Waals surface area contributed by atoms with Crippen molar-refractivity contribution in [3.05, 3.63) is 71.7 Å². The number of carbonyl (C=O) groups is 1. The molecule has 1 heterocycles. The van der Waals surface area contributed by atoms with Gasteiger partial charge in [0.25, 0.3) is 5.91 Å². The Labute approximate surface area is 168 Å². The van der Waals surface area contributed by atoms with Gasteiger partial charge in [-0.1, -0.05) is 18.2 Å². The zero-order valence-electron chi connectivity index (χ0n) is 15.5. The number of nitrogens with two attached hydrogens (primary N) is 1. The minimum absolute atomic E-state index is 0.0239. The van der Waals surface area contributed by atoms with Crippen LogP contribution in [0.25, 0.3) is 0 Å². The lowest BCUT2D eigenvalue weighted by Crippen LogP contribution is -2.17. The number of ether oxygens (including phenoxy) is 2. The number of para-hydroxylation sites is 2. The van der Waals surface area contributed by atoms with Gasteiger partial charge in [-0.3, -0.25) is 4.79 Å². The van der Waals surface area contributed by atoms with Crippen molar-refractivity contribution in [3.63, 3.8) is 0 Å². The average molecular weight is 421 g/mol. The summed E-state index contributed by atoms with van der Waals surface area (Å²) in [5, 5.41) is 2.55. The zero-order chi connectivity index (χ0) is 21.9. The minimum Gasteiger partial charge on any atom is -0.453 e. The number of amides is 1. The molecule has 10 heteroatoms. The molecule has 0 saturated carbocycles. The summed E-state index contributed by atoms with van der Waals surface area (Å²) in [4.78, 5) is 15.9. The highest BCUT2D eigenvalue weighted by Gasteiger charge is 2.32. The summed E-state index contributed by atoms with van der Waals surface area (Å²) >= 11 is 0. The lowest BCUT2D eigenvalue weighted by molar-refractivity contribution is -0.275. The molecule has 0 radical (unpaired) electrons. The van der Waals surface area contributed by atoms with E-state index in [2.05, 4.69) is 15.0 Å². The molecule has 3 rings (SSSR count). The van der Waals surface area contributed by atoms with Crippen LogP contribution in [0.5, 0.6) is 17.2 Å². The quantitative estimate of drug-likeness (QED) is 0.445. The highest BCUT2D eigenvalue weighted by Crippen LogP contribution is 2.35. The second-order valence-corrected chi connectivity index (χ2v) is 6.11. The smallest absolute Gasteiger partial charge is 0.453 e. The van der Waals surface area contributed by atoms with Crippen molar-refractivity contribution in [2.75, 3.05) is 11.1 Å². The molecule has 0 aliphatic carbocycles. The molecule has 0 saturated heterocycles. The molecule has 0 aliphatic heterocycles. The highest BCUT2D eigenvalue weighted by atomic mass is 19.4. The van der Waals surface area contributed by atoms with Gasteiger partial charge in [0.2, 0.25) is 5.95 Å². The number of nitrogen functional groups attached to an aromatic ring is 1. The van der Waals surface area contributed by atoms with E-state index < -0.39 is 24.0 Å². The monoisotopic (exact) mass is 421 g/mol. The topological polar surface area (TPSA) is 86.5 Å². The van der Waals surface area contributed by atoms with Gasteiger partial charge >= 0.3 is 6.36 Å². The van der Waals surface area contributed by atoms with Crippen LogP contribution in [0.15, 0.2) is 54.6 Å². The van der Waals surface area contributed by atoms with Crippen LogP contribution in [0.2, 0.25) is 0 Å². The van der Waals surface area contributed by atoms with Gasteiger partial charge in [-0.15, -0.1) is 13.2 Å². The van der Waals surface area contributed by atoms with Crippen molar-refractivity contribution in [2.45, 2.75) is 13.3 Å². The Hall–Kier alpha value is -3.82. The predicted molar refractivity (Wildman–Crippen MR) is 101 cm³/mol. The maximum Gasteiger partial charge on any atom is 0.573 e. The Morgan fingerprint density at radius 1 is 1.07 bits per heavy atom. The van der Waals surface area contributed by atoms with Gasteiger partial charge in [-0.05, 0) is 37.3 Å². The fourth-order valence-electron chi connectivity index (χ4n) is 2.49. The number of nitrogens with zero attached hydrogens (tertiary/aromatic N) is 1. The number of anilines is 2. The van der Waals surface area contributed by atoms with Gasteiger partial charge in [0.15, 0.2) is 11.5 Å². The molecule has 0 fully saturated rings. The van der Waals surface area contributed by atoms with Crippen molar-refractivity contribution >= 4 is 17.4 Å². The summed E-state index contributed by atoms with van der Waals surface area (Å²) in [5.41, 5.74) is 6.00. The van der Waals surface area contributed by atoms with E-state index in [9.17, 15) is 22.4 Å². The number of halogens is 4. The van der Waals surface area contributed by atoms with Gasteiger partial charge in [-0.25, -0.2) is 4.98 Å². The first kappa shape index (κ1) is 20.9. The number of rotatable bonds is 5. The number of aryl methyl sites for hydroxylation is 1. The van der Waals surface area contributed by atoms with Gasteiger partial charge in [0.05, 0.1) is 5.56 Å². The fourth-order valence-corrected chi connectivity index (χ4v) is 2.49. The molecule has 3 aromatic rings. The molecular formula is C20H15F4N3O3.